The van der Waals surface area contributed by atoms with E-state index in [1.54, 1.807) is 0 Å². The van der Waals surface area contributed by atoms with Crippen molar-refractivity contribution in [2.75, 3.05) is 23.2 Å². The van der Waals surface area contributed by atoms with Crippen molar-refractivity contribution >= 4 is 15.7 Å². The third kappa shape index (κ3) is 3.73. The highest BCUT2D eigenvalue weighted by Crippen LogP contribution is 2.29. The molecule has 1 heterocycles. The minimum Gasteiger partial charge on any atom is -0.492 e. The molecule has 0 radical (unpaired) electrons. The number of ether oxygens (including phenoxy) is 1. The second-order valence-corrected chi connectivity index (χ2v) is 7.98. The van der Waals surface area contributed by atoms with Gasteiger partial charge < -0.3 is 4.74 Å². The molecule has 0 N–H and O–H groups in total. The highest BCUT2D eigenvalue weighted by atomic mass is 32.2. The smallest absolute Gasteiger partial charge is 0.238 e. The summed E-state index contributed by atoms with van der Waals surface area (Å²) in [5.41, 5.74) is 3.15. The molecule has 1 aliphatic heterocycles. The van der Waals surface area contributed by atoms with Crippen molar-refractivity contribution in [3.63, 3.8) is 0 Å². The Morgan fingerprint density at radius 3 is 2.58 bits per heavy atom. The molecule has 0 spiro atoms. The topological polar surface area (TPSA) is 46.6 Å². The molecule has 24 heavy (non-hydrogen) atoms. The van der Waals surface area contributed by atoms with Crippen LogP contribution in [0.25, 0.3) is 0 Å². The summed E-state index contributed by atoms with van der Waals surface area (Å²) in [5.74, 6) is 0.693. The lowest BCUT2D eigenvalue weighted by atomic mass is 10.0. The van der Waals surface area contributed by atoms with Gasteiger partial charge in [-0.15, -0.1) is 0 Å². The molecule has 0 saturated heterocycles. The van der Waals surface area contributed by atoms with E-state index in [1.807, 2.05) is 48.5 Å². The largest absolute Gasteiger partial charge is 0.492 e. The van der Waals surface area contributed by atoms with Crippen LogP contribution in [0.15, 0.2) is 48.5 Å². The van der Waals surface area contributed by atoms with Crippen molar-refractivity contribution in [2.45, 2.75) is 26.2 Å². The summed E-state index contributed by atoms with van der Waals surface area (Å²) in [6.07, 6.45) is 2.76. The number of anilines is 1. The summed E-state index contributed by atoms with van der Waals surface area (Å²) >= 11 is 0. The lowest BCUT2D eigenvalue weighted by Crippen LogP contribution is -2.38. The first-order chi connectivity index (χ1) is 11.6. The van der Waals surface area contributed by atoms with Gasteiger partial charge in [-0.05, 0) is 48.6 Å². The number of hydrogen-bond donors (Lipinski definition) is 0. The van der Waals surface area contributed by atoms with E-state index in [0.29, 0.717) is 12.3 Å². The summed E-state index contributed by atoms with van der Waals surface area (Å²) in [6, 6.07) is 15.5. The number of hydrogen-bond acceptors (Lipinski definition) is 3. The monoisotopic (exact) mass is 345 g/mol. The molecule has 0 aliphatic carbocycles. The number of aryl methyl sites for hydroxylation is 2. The molecular formula is C19H23NO3S. The van der Waals surface area contributed by atoms with Gasteiger partial charge in [-0.2, -0.15) is 0 Å². The van der Waals surface area contributed by atoms with Crippen molar-refractivity contribution in [1.29, 1.82) is 0 Å². The normalized spacial score (nSPS) is 14.3. The van der Waals surface area contributed by atoms with Crippen LogP contribution >= 0.6 is 0 Å². The molecule has 0 atom stereocenters. The third-order valence-electron chi connectivity index (χ3n) is 4.35. The van der Waals surface area contributed by atoms with Gasteiger partial charge >= 0.3 is 0 Å². The van der Waals surface area contributed by atoms with Gasteiger partial charge in [0.15, 0.2) is 0 Å². The number of fused-ring (bicyclic) bond motifs is 1. The molecule has 4 nitrogen and oxygen atoms in total. The number of para-hydroxylation sites is 1. The van der Waals surface area contributed by atoms with E-state index in [9.17, 15) is 8.42 Å². The first-order valence-electron chi connectivity index (χ1n) is 8.40. The molecule has 0 fully saturated rings. The first-order valence-corrected chi connectivity index (χ1v) is 10.0. The van der Waals surface area contributed by atoms with Crippen LogP contribution in [0.1, 0.15) is 24.5 Å². The second-order valence-electron chi connectivity index (χ2n) is 5.97. The van der Waals surface area contributed by atoms with Gasteiger partial charge in [0, 0.05) is 6.54 Å². The standard InChI is InChI=1S/C19H23NO3S/c1-2-16-9-11-18(12-10-16)23-14-15-24(21,22)20-13-5-7-17-6-3-4-8-19(17)20/h3-4,6,8-12H,2,5,7,13-15H2,1H3. The van der Waals surface area contributed by atoms with Crippen LogP contribution in [0.2, 0.25) is 0 Å². The van der Waals surface area contributed by atoms with Gasteiger partial charge in [0.05, 0.1) is 5.69 Å². The van der Waals surface area contributed by atoms with E-state index in [2.05, 4.69) is 6.92 Å². The Balaban J connectivity index is 1.64. The molecule has 0 amide bonds. The zero-order chi connectivity index (χ0) is 17.0. The molecule has 2 aromatic rings. The van der Waals surface area contributed by atoms with Crippen molar-refractivity contribution < 1.29 is 13.2 Å². The van der Waals surface area contributed by atoms with Crippen molar-refractivity contribution in [3.8, 4) is 5.75 Å². The third-order valence-corrected chi connectivity index (χ3v) is 6.08. The van der Waals surface area contributed by atoms with E-state index in [1.165, 1.54) is 9.87 Å². The molecule has 0 unspecified atom stereocenters. The average Bonchev–Trinajstić information content (AvgIpc) is 2.61. The average molecular weight is 345 g/mol. The Bertz CT molecular complexity index is 785. The maximum atomic E-state index is 12.7. The minimum atomic E-state index is -3.37. The fourth-order valence-corrected chi connectivity index (χ4v) is 4.38. The van der Waals surface area contributed by atoms with Crippen LogP contribution in [0.3, 0.4) is 0 Å². The summed E-state index contributed by atoms with van der Waals surface area (Å²) in [5, 5.41) is 0. The van der Waals surface area contributed by atoms with Gasteiger partial charge in [-0.25, -0.2) is 8.42 Å². The van der Waals surface area contributed by atoms with E-state index in [-0.39, 0.29) is 12.4 Å². The lowest BCUT2D eigenvalue weighted by molar-refractivity contribution is 0.340. The summed E-state index contributed by atoms with van der Waals surface area (Å²) in [4.78, 5) is 0. The van der Waals surface area contributed by atoms with Crippen molar-refractivity contribution in [1.82, 2.24) is 0 Å². The molecule has 128 valence electrons. The van der Waals surface area contributed by atoms with E-state index >= 15 is 0 Å². The van der Waals surface area contributed by atoms with Crippen LogP contribution in [-0.2, 0) is 22.9 Å². The Morgan fingerprint density at radius 1 is 1.08 bits per heavy atom. The minimum absolute atomic E-state index is 0.0170. The number of sulfonamides is 1. The predicted molar refractivity (Wildman–Crippen MR) is 97.2 cm³/mol. The van der Waals surface area contributed by atoms with E-state index in [4.69, 9.17) is 4.74 Å². The highest BCUT2D eigenvalue weighted by Gasteiger charge is 2.26. The molecule has 2 aromatic carbocycles. The van der Waals surface area contributed by atoms with Gasteiger partial charge in [0.25, 0.3) is 0 Å². The summed E-state index contributed by atoms with van der Waals surface area (Å²) < 4.78 is 32.5. The van der Waals surface area contributed by atoms with Gasteiger partial charge in [0.2, 0.25) is 10.0 Å². The zero-order valence-corrected chi connectivity index (χ0v) is 14.8. The molecular weight excluding hydrogens is 322 g/mol. The first kappa shape index (κ1) is 16.8. The van der Waals surface area contributed by atoms with Gasteiger partial charge in [0.1, 0.15) is 18.1 Å². The van der Waals surface area contributed by atoms with Gasteiger partial charge in [-0.1, -0.05) is 37.3 Å². The quantitative estimate of drug-likeness (QED) is 0.806. The summed E-state index contributed by atoms with van der Waals surface area (Å²) in [7, 11) is -3.37. The van der Waals surface area contributed by atoms with Crippen LogP contribution in [0.5, 0.6) is 5.75 Å². The number of benzene rings is 2. The Morgan fingerprint density at radius 2 is 1.83 bits per heavy atom. The second kappa shape index (κ2) is 7.26. The fourth-order valence-electron chi connectivity index (χ4n) is 2.98. The molecule has 3 rings (SSSR count). The zero-order valence-electron chi connectivity index (χ0n) is 13.9. The van der Waals surface area contributed by atoms with Crippen molar-refractivity contribution in [2.24, 2.45) is 0 Å². The molecule has 0 aromatic heterocycles. The van der Waals surface area contributed by atoms with E-state index < -0.39 is 10.0 Å². The molecule has 0 bridgehead atoms. The van der Waals surface area contributed by atoms with Crippen LogP contribution in [0, 0.1) is 0 Å². The maximum absolute atomic E-state index is 12.7. The lowest BCUT2D eigenvalue weighted by Gasteiger charge is -2.30. The molecule has 1 aliphatic rings. The van der Waals surface area contributed by atoms with Crippen LogP contribution in [0.4, 0.5) is 5.69 Å². The van der Waals surface area contributed by atoms with Crippen LogP contribution < -0.4 is 9.04 Å². The molecule has 5 heteroatoms. The Kier molecular flexibility index (Phi) is 5.09. The predicted octanol–water partition coefficient (Wildman–Crippen LogP) is 3.41. The fraction of sp³-hybridized carbons (Fsp3) is 0.368. The molecule has 0 saturated carbocycles. The van der Waals surface area contributed by atoms with Gasteiger partial charge in [-0.3, -0.25) is 4.31 Å². The Labute approximate surface area is 144 Å². The van der Waals surface area contributed by atoms with Crippen LogP contribution in [-0.4, -0.2) is 27.3 Å². The van der Waals surface area contributed by atoms with Crippen molar-refractivity contribution in [3.05, 3.63) is 59.7 Å². The number of rotatable bonds is 6. The highest BCUT2D eigenvalue weighted by molar-refractivity contribution is 7.92. The SMILES string of the molecule is CCc1ccc(OCCS(=O)(=O)N2CCCc3ccccc32)cc1. The summed E-state index contributed by atoms with van der Waals surface area (Å²) in [6.45, 7) is 2.80. The van der Waals surface area contributed by atoms with E-state index in [0.717, 1.165) is 30.5 Å². The number of nitrogens with zero attached hydrogens (tertiary/aromatic N) is 1. The Hall–Kier alpha value is -2.01. The maximum Gasteiger partial charge on any atom is 0.238 e.